The van der Waals surface area contributed by atoms with E-state index in [9.17, 15) is 0 Å². The van der Waals surface area contributed by atoms with Crippen molar-refractivity contribution < 1.29 is 0 Å². The summed E-state index contributed by atoms with van der Waals surface area (Å²) in [5.41, 5.74) is 3.81. The predicted molar refractivity (Wildman–Crippen MR) is 72.6 cm³/mol. The molecular weight excluding hydrogens is 228 g/mol. The molecule has 17 heavy (non-hydrogen) atoms. The van der Waals surface area contributed by atoms with E-state index in [4.69, 9.17) is 4.98 Å². The Hall–Kier alpha value is -1.61. The van der Waals surface area contributed by atoms with Crippen LogP contribution >= 0.6 is 11.3 Å². The van der Waals surface area contributed by atoms with E-state index in [1.54, 1.807) is 11.3 Å². The molecule has 0 spiro atoms. The highest BCUT2D eigenvalue weighted by Gasteiger charge is 2.20. The van der Waals surface area contributed by atoms with Crippen molar-refractivity contribution >= 4 is 32.6 Å². The van der Waals surface area contributed by atoms with Crippen molar-refractivity contribution in [3.05, 3.63) is 41.7 Å². The van der Waals surface area contributed by atoms with Gasteiger partial charge in [-0.15, -0.1) is 0 Å². The van der Waals surface area contributed by atoms with E-state index in [0.29, 0.717) is 5.92 Å². The highest BCUT2D eigenvalue weighted by molar-refractivity contribution is 7.23. The van der Waals surface area contributed by atoms with Crippen LogP contribution in [0.3, 0.4) is 0 Å². The third-order valence-corrected chi connectivity index (χ3v) is 4.47. The summed E-state index contributed by atoms with van der Waals surface area (Å²) in [5.74, 6) is 0.542. The Morgan fingerprint density at radius 2 is 2.24 bits per heavy atom. The van der Waals surface area contributed by atoms with Crippen LogP contribution in [-0.2, 0) is 0 Å². The van der Waals surface area contributed by atoms with Crippen LogP contribution in [0.25, 0.3) is 21.3 Å². The first-order valence-electron chi connectivity index (χ1n) is 5.91. The lowest BCUT2D eigenvalue weighted by Gasteiger charge is -2.11. The molecule has 0 N–H and O–H groups in total. The summed E-state index contributed by atoms with van der Waals surface area (Å²) in [4.78, 5) is 5.92. The van der Waals surface area contributed by atoms with Gasteiger partial charge in [0.1, 0.15) is 0 Å². The smallest absolute Gasteiger partial charge is 0.195 e. The second-order valence-corrected chi connectivity index (χ2v) is 5.62. The summed E-state index contributed by atoms with van der Waals surface area (Å²) < 4.78 is 3.60. The summed E-state index contributed by atoms with van der Waals surface area (Å²) in [6, 6.07) is 8.52. The van der Waals surface area contributed by atoms with Gasteiger partial charge in [-0.2, -0.15) is 0 Å². The van der Waals surface area contributed by atoms with E-state index in [-0.39, 0.29) is 0 Å². The van der Waals surface area contributed by atoms with Gasteiger partial charge < -0.3 is 0 Å². The van der Waals surface area contributed by atoms with Gasteiger partial charge in [-0.3, -0.25) is 4.40 Å². The van der Waals surface area contributed by atoms with E-state index in [2.05, 4.69) is 47.7 Å². The van der Waals surface area contributed by atoms with E-state index in [1.807, 2.05) is 0 Å². The van der Waals surface area contributed by atoms with Gasteiger partial charge in [0.25, 0.3) is 0 Å². The summed E-state index contributed by atoms with van der Waals surface area (Å²) in [6.45, 7) is 2.25. The van der Waals surface area contributed by atoms with Crippen molar-refractivity contribution in [2.75, 3.05) is 0 Å². The van der Waals surface area contributed by atoms with Crippen molar-refractivity contribution in [1.29, 1.82) is 0 Å². The van der Waals surface area contributed by atoms with E-state index in [0.717, 1.165) is 11.4 Å². The number of thiazole rings is 1. The summed E-state index contributed by atoms with van der Waals surface area (Å²) in [6.07, 6.45) is 5.58. The van der Waals surface area contributed by atoms with Crippen LogP contribution in [0.2, 0.25) is 0 Å². The number of aromatic nitrogens is 2. The maximum Gasteiger partial charge on any atom is 0.195 e. The molecular formula is C14H12N2S. The molecule has 3 aromatic rings. The van der Waals surface area contributed by atoms with Crippen LogP contribution in [0.4, 0.5) is 0 Å². The molecule has 0 aliphatic heterocycles. The quantitative estimate of drug-likeness (QED) is 0.579. The fourth-order valence-electron chi connectivity index (χ4n) is 2.57. The summed E-state index contributed by atoms with van der Waals surface area (Å²) >= 11 is 1.78. The molecule has 0 saturated carbocycles. The molecule has 1 aromatic carbocycles. The van der Waals surface area contributed by atoms with Crippen molar-refractivity contribution in [3.8, 4) is 0 Å². The molecule has 1 atom stereocenters. The number of nitrogens with zero attached hydrogens (tertiary/aromatic N) is 2. The number of hydrogen-bond donors (Lipinski definition) is 0. The van der Waals surface area contributed by atoms with Gasteiger partial charge >= 0.3 is 0 Å². The van der Waals surface area contributed by atoms with Gasteiger partial charge in [0.2, 0.25) is 0 Å². The minimum absolute atomic E-state index is 0.542. The van der Waals surface area contributed by atoms with Crippen LogP contribution in [-0.4, -0.2) is 9.38 Å². The van der Waals surface area contributed by atoms with Gasteiger partial charge in [0.15, 0.2) is 4.96 Å². The van der Waals surface area contributed by atoms with Crippen molar-refractivity contribution in [2.24, 2.45) is 0 Å². The largest absolute Gasteiger partial charge is 0.283 e. The molecule has 0 saturated heterocycles. The van der Waals surface area contributed by atoms with Crippen molar-refractivity contribution in [1.82, 2.24) is 9.38 Å². The first-order valence-corrected chi connectivity index (χ1v) is 6.72. The molecule has 0 radical (unpaired) electrons. The van der Waals surface area contributed by atoms with Gasteiger partial charge in [-0.25, -0.2) is 4.98 Å². The van der Waals surface area contributed by atoms with E-state index in [1.165, 1.54) is 21.6 Å². The van der Waals surface area contributed by atoms with Crippen LogP contribution in [0, 0.1) is 0 Å². The Bertz CT molecular complexity index is 748. The number of para-hydroxylation sites is 1. The average molecular weight is 240 g/mol. The fourth-order valence-corrected chi connectivity index (χ4v) is 3.61. The Kier molecular flexibility index (Phi) is 1.77. The van der Waals surface area contributed by atoms with E-state index < -0.39 is 0 Å². The minimum atomic E-state index is 0.542. The first-order chi connectivity index (χ1) is 8.34. The molecule has 1 aliphatic carbocycles. The number of benzene rings is 1. The minimum Gasteiger partial charge on any atom is -0.283 e. The van der Waals surface area contributed by atoms with Gasteiger partial charge in [-0.05, 0) is 24.6 Å². The maximum atomic E-state index is 4.80. The van der Waals surface area contributed by atoms with Gasteiger partial charge in [-0.1, -0.05) is 36.5 Å². The number of imidazole rings is 1. The third-order valence-electron chi connectivity index (χ3n) is 3.45. The molecule has 84 valence electrons. The highest BCUT2D eigenvalue weighted by atomic mass is 32.1. The lowest BCUT2D eigenvalue weighted by Crippen LogP contribution is -2.00. The van der Waals surface area contributed by atoms with Gasteiger partial charge in [0.05, 0.1) is 21.6 Å². The highest BCUT2D eigenvalue weighted by Crippen LogP contribution is 2.35. The van der Waals surface area contributed by atoms with Crippen LogP contribution in [0.15, 0.2) is 30.3 Å². The molecule has 2 nitrogen and oxygen atoms in total. The Labute approximate surface area is 103 Å². The SMILES string of the molecule is CC1CC=Cc2c1nc1sc3ccccc3n21. The Balaban J connectivity index is 2.20. The second kappa shape index (κ2) is 3.20. The number of hydrogen-bond acceptors (Lipinski definition) is 2. The zero-order chi connectivity index (χ0) is 11.4. The van der Waals surface area contributed by atoms with Crippen LogP contribution in [0.1, 0.15) is 30.7 Å². The first kappa shape index (κ1) is 9.42. The summed E-state index contributed by atoms with van der Waals surface area (Å²) in [7, 11) is 0. The molecule has 1 unspecified atom stereocenters. The van der Waals surface area contributed by atoms with Crippen LogP contribution < -0.4 is 0 Å². The van der Waals surface area contributed by atoms with Crippen LogP contribution in [0.5, 0.6) is 0 Å². The molecule has 2 aromatic heterocycles. The molecule has 0 fully saturated rings. The van der Waals surface area contributed by atoms with Crippen molar-refractivity contribution in [3.63, 3.8) is 0 Å². The van der Waals surface area contributed by atoms with Crippen molar-refractivity contribution in [2.45, 2.75) is 19.3 Å². The zero-order valence-corrected chi connectivity index (χ0v) is 10.4. The number of rotatable bonds is 0. The molecule has 4 rings (SSSR count). The normalized spacial score (nSPS) is 19.0. The maximum absolute atomic E-state index is 4.80. The predicted octanol–water partition coefficient (Wildman–Crippen LogP) is 4.07. The molecule has 1 aliphatic rings. The number of fused-ring (bicyclic) bond motifs is 5. The second-order valence-electron chi connectivity index (χ2n) is 4.61. The lowest BCUT2D eigenvalue weighted by molar-refractivity contribution is 0.747. The molecule has 0 amide bonds. The topological polar surface area (TPSA) is 17.3 Å². The fraction of sp³-hybridized carbons (Fsp3) is 0.214. The molecule has 3 heteroatoms. The number of allylic oxidation sites excluding steroid dienone is 1. The summed E-state index contributed by atoms with van der Waals surface area (Å²) in [5, 5.41) is 0. The third kappa shape index (κ3) is 1.17. The molecule has 0 bridgehead atoms. The average Bonchev–Trinajstić information content (AvgIpc) is 2.85. The Morgan fingerprint density at radius 3 is 3.18 bits per heavy atom. The Morgan fingerprint density at radius 1 is 1.35 bits per heavy atom. The lowest BCUT2D eigenvalue weighted by atomic mass is 9.97. The van der Waals surface area contributed by atoms with E-state index >= 15 is 0 Å². The zero-order valence-electron chi connectivity index (χ0n) is 9.55. The monoisotopic (exact) mass is 240 g/mol. The van der Waals surface area contributed by atoms with Gasteiger partial charge in [0, 0.05) is 5.92 Å². The molecule has 2 heterocycles. The standard InChI is InChI=1S/C14H12N2S/c1-9-5-4-7-11-13(9)15-14-16(11)10-6-2-3-8-12(10)17-14/h2-4,6-9H,5H2,1H3.